The maximum Gasteiger partial charge on any atom is 0.313 e. The molecule has 0 aliphatic carbocycles. The predicted molar refractivity (Wildman–Crippen MR) is 84.1 cm³/mol. The molecule has 6 heteroatoms. The van der Waals surface area contributed by atoms with Gasteiger partial charge in [0.15, 0.2) is 0 Å². The molecular formula is C16H30N2O4. The van der Waals surface area contributed by atoms with Crippen LogP contribution in [0.15, 0.2) is 10.2 Å². The second-order valence-electron chi connectivity index (χ2n) is 8.37. The van der Waals surface area contributed by atoms with Crippen LogP contribution in [0.3, 0.4) is 0 Å². The van der Waals surface area contributed by atoms with Crippen molar-refractivity contribution in [2.75, 3.05) is 0 Å². The average molecular weight is 314 g/mol. The quantitative estimate of drug-likeness (QED) is 0.578. The van der Waals surface area contributed by atoms with Gasteiger partial charge in [-0.15, -0.1) is 10.2 Å². The monoisotopic (exact) mass is 314 g/mol. The Kier molecular flexibility index (Phi) is 5.92. The van der Waals surface area contributed by atoms with Crippen LogP contribution in [-0.2, 0) is 19.1 Å². The van der Waals surface area contributed by atoms with Gasteiger partial charge in [0.05, 0.1) is 10.8 Å². The van der Waals surface area contributed by atoms with Crippen molar-refractivity contribution < 1.29 is 19.1 Å². The van der Waals surface area contributed by atoms with Crippen LogP contribution in [0.1, 0.15) is 69.2 Å². The van der Waals surface area contributed by atoms with Gasteiger partial charge >= 0.3 is 11.9 Å². The fourth-order valence-corrected chi connectivity index (χ4v) is 1.04. The molecule has 0 fully saturated rings. The Morgan fingerprint density at radius 2 is 0.818 bits per heavy atom. The molecule has 0 aliphatic rings. The predicted octanol–water partition coefficient (Wildman–Crippen LogP) is 4.09. The Morgan fingerprint density at radius 1 is 0.591 bits per heavy atom. The second-order valence-corrected chi connectivity index (χ2v) is 8.37. The molecule has 128 valence electrons. The highest BCUT2D eigenvalue weighted by molar-refractivity contribution is 5.76. The lowest BCUT2D eigenvalue weighted by atomic mass is 9.97. The molecule has 0 saturated carbocycles. The number of ether oxygens (including phenoxy) is 2. The molecule has 22 heavy (non-hydrogen) atoms. The molecular weight excluding hydrogens is 284 g/mol. The lowest BCUT2D eigenvalue weighted by Crippen LogP contribution is -2.35. The third kappa shape index (κ3) is 7.52. The molecule has 0 heterocycles. The van der Waals surface area contributed by atoms with E-state index in [0.29, 0.717) is 0 Å². The van der Waals surface area contributed by atoms with E-state index < -0.39 is 22.3 Å². The smallest absolute Gasteiger partial charge is 0.313 e. The van der Waals surface area contributed by atoms with Crippen LogP contribution >= 0.6 is 0 Å². The first-order valence-electron chi connectivity index (χ1n) is 7.37. The average Bonchev–Trinajstić information content (AvgIpc) is 2.23. The number of azo groups is 1. The zero-order chi connectivity index (χ0) is 18.0. The van der Waals surface area contributed by atoms with E-state index in [-0.39, 0.29) is 11.9 Å². The van der Waals surface area contributed by atoms with Gasteiger partial charge in [-0.3, -0.25) is 9.59 Å². The maximum absolute atomic E-state index is 11.9. The molecule has 0 N–H and O–H groups in total. The minimum atomic E-state index is -1.13. The van der Waals surface area contributed by atoms with Gasteiger partial charge in [0.2, 0.25) is 11.4 Å². The van der Waals surface area contributed by atoms with E-state index >= 15 is 0 Å². The normalized spacial score (nSPS) is 14.1. The number of esters is 2. The lowest BCUT2D eigenvalue weighted by molar-refractivity contribution is -0.170. The molecule has 0 rings (SSSR count). The molecule has 0 radical (unpaired) electrons. The highest BCUT2D eigenvalue weighted by Crippen LogP contribution is 2.25. The van der Waals surface area contributed by atoms with Crippen molar-refractivity contribution in [1.82, 2.24) is 0 Å². The first kappa shape index (κ1) is 20.5. The summed E-state index contributed by atoms with van der Waals surface area (Å²) < 4.78 is 10.7. The van der Waals surface area contributed by atoms with E-state index in [0.717, 1.165) is 0 Å². The fraction of sp³-hybridized carbons (Fsp3) is 0.875. The summed E-state index contributed by atoms with van der Waals surface area (Å²) in [5.41, 5.74) is -3.51. The van der Waals surface area contributed by atoms with Crippen LogP contribution in [0.5, 0.6) is 0 Å². The number of rotatable bonds is 4. The lowest BCUT2D eigenvalue weighted by Gasteiger charge is -2.28. The first-order chi connectivity index (χ1) is 9.46. The molecule has 0 amide bonds. The van der Waals surface area contributed by atoms with Crippen LogP contribution in [0.25, 0.3) is 0 Å². The van der Waals surface area contributed by atoms with Crippen LogP contribution < -0.4 is 0 Å². The van der Waals surface area contributed by atoms with Crippen molar-refractivity contribution in [3.8, 4) is 0 Å². The number of carbonyl (C=O) groups is 2. The van der Waals surface area contributed by atoms with E-state index in [1.807, 2.05) is 0 Å². The van der Waals surface area contributed by atoms with Crippen molar-refractivity contribution in [3.05, 3.63) is 0 Å². The number of hydrogen-bond donors (Lipinski definition) is 0. The van der Waals surface area contributed by atoms with Crippen LogP contribution in [0.4, 0.5) is 0 Å². The summed E-state index contributed by atoms with van der Waals surface area (Å²) >= 11 is 0. The molecule has 0 atom stereocenters. The zero-order valence-electron chi connectivity index (χ0n) is 15.5. The Hall–Kier alpha value is -1.46. The van der Waals surface area contributed by atoms with Crippen molar-refractivity contribution in [2.45, 2.75) is 80.7 Å². The maximum atomic E-state index is 11.9. The van der Waals surface area contributed by atoms with Crippen molar-refractivity contribution in [2.24, 2.45) is 21.1 Å². The van der Waals surface area contributed by atoms with Gasteiger partial charge in [-0.2, -0.15) is 0 Å². The van der Waals surface area contributed by atoms with Crippen LogP contribution in [0.2, 0.25) is 0 Å². The van der Waals surface area contributed by atoms with Gasteiger partial charge in [-0.05, 0) is 69.2 Å². The molecule has 0 aliphatic heterocycles. The third-order valence-corrected chi connectivity index (χ3v) is 2.44. The van der Waals surface area contributed by atoms with Gasteiger partial charge < -0.3 is 9.47 Å². The van der Waals surface area contributed by atoms with Gasteiger partial charge in [-0.1, -0.05) is 0 Å². The van der Waals surface area contributed by atoms with E-state index in [2.05, 4.69) is 10.2 Å². The molecule has 0 aromatic rings. The molecule has 6 nitrogen and oxygen atoms in total. The molecule has 0 bridgehead atoms. The Morgan fingerprint density at radius 3 is 1.00 bits per heavy atom. The highest BCUT2D eigenvalue weighted by Gasteiger charge is 2.33. The summed E-state index contributed by atoms with van der Waals surface area (Å²) in [5, 5.41) is 8.04. The third-order valence-electron chi connectivity index (χ3n) is 2.44. The van der Waals surface area contributed by atoms with Crippen LogP contribution in [-0.4, -0.2) is 23.4 Å². The van der Waals surface area contributed by atoms with Gasteiger partial charge in [0.25, 0.3) is 0 Å². The number of carbonyl (C=O) groups excluding carboxylic acids is 2. The molecule has 0 aromatic carbocycles. The topological polar surface area (TPSA) is 77.3 Å². The standard InChI is InChI=1S/C16H30N2O4/c1-13(2,3)11(19)21-15(7,8)17-18-16(9,10)22-12(20)14(4,5)6/h1-10H3. The number of hydrogen-bond acceptors (Lipinski definition) is 6. The van der Waals surface area contributed by atoms with Crippen molar-refractivity contribution in [3.63, 3.8) is 0 Å². The second kappa shape index (κ2) is 6.34. The molecule has 0 spiro atoms. The Labute approximate surface area is 133 Å². The SMILES string of the molecule is CC(C)(N=NC(C)(C)OC(=O)C(C)(C)C)OC(=O)C(C)(C)C. The summed E-state index contributed by atoms with van der Waals surface area (Å²) in [5.74, 6) is -0.748. The van der Waals surface area contributed by atoms with E-state index in [9.17, 15) is 9.59 Å². The zero-order valence-corrected chi connectivity index (χ0v) is 15.5. The van der Waals surface area contributed by atoms with Crippen molar-refractivity contribution >= 4 is 11.9 Å². The summed E-state index contributed by atoms with van der Waals surface area (Å²) in [6, 6.07) is 0. The largest absolute Gasteiger partial charge is 0.436 e. The fourth-order valence-electron chi connectivity index (χ4n) is 1.04. The number of nitrogens with zero attached hydrogens (tertiary/aromatic N) is 2. The summed E-state index contributed by atoms with van der Waals surface area (Å²) in [6.45, 7) is 17.1. The van der Waals surface area contributed by atoms with Crippen LogP contribution in [0, 0.1) is 10.8 Å². The minimum Gasteiger partial charge on any atom is -0.436 e. The van der Waals surface area contributed by atoms with Crippen molar-refractivity contribution in [1.29, 1.82) is 0 Å². The molecule has 0 unspecified atom stereocenters. The molecule has 0 aromatic heterocycles. The summed E-state index contributed by atoms with van der Waals surface area (Å²) in [6.07, 6.45) is 0. The van der Waals surface area contributed by atoms with E-state index in [1.165, 1.54) is 0 Å². The minimum absolute atomic E-state index is 0.374. The first-order valence-corrected chi connectivity index (χ1v) is 7.37. The van der Waals surface area contributed by atoms with Gasteiger partial charge in [-0.25, -0.2) is 0 Å². The summed E-state index contributed by atoms with van der Waals surface area (Å²) in [7, 11) is 0. The van der Waals surface area contributed by atoms with E-state index in [4.69, 9.17) is 9.47 Å². The van der Waals surface area contributed by atoms with Gasteiger partial charge in [0.1, 0.15) is 0 Å². The summed E-state index contributed by atoms with van der Waals surface area (Å²) in [4.78, 5) is 23.8. The highest BCUT2D eigenvalue weighted by atomic mass is 16.6. The van der Waals surface area contributed by atoms with E-state index in [1.54, 1.807) is 69.2 Å². The Bertz CT molecular complexity index is 410. The van der Waals surface area contributed by atoms with Gasteiger partial charge in [0, 0.05) is 0 Å². The Balaban J connectivity index is 4.93. The molecule has 0 saturated heterocycles.